The largest absolute Gasteiger partial charge is 0.292 e. The normalized spacial score (nSPS) is 40.9. The van der Waals surface area contributed by atoms with Crippen molar-refractivity contribution in [2.45, 2.75) is 24.1 Å². The van der Waals surface area contributed by atoms with Crippen LogP contribution in [0.15, 0.2) is 0 Å². The van der Waals surface area contributed by atoms with Crippen LogP contribution < -0.4 is 0 Å². The number of piperidine rings is 1. The molecule has 11 heavy (non-hydrogen) atoms. The highest BCUT2D eigenvalue weighted by Crippen LogP contribution is 2.25. The topological polar surface area (TPSA) is 6.48 Å². The van der Waals surface area contributed by atoms with Gasteiger partial charge in [-0.25, -0.2) is 0 Å². The molecule has 2 fully saturated rings. The van der Waals surface area contributed by atoms with Crippen LogP contribution in [-0.2, 0) is 0 Å². The van der Waals surface area contributed by atoms with Crippen molar-refractivity contribution in [2.75, 3.05) is 26.8 Å². The molecule has 0 N–H and O–H groups in total. The monoisotopic (exact) mass is 172 g/mol. The maximum atomic E-state index is 4.53. The summed E-state index contributed by atoms with van der Waals surface area (Å²) in [5.74, 6) is 0. The summed E-state index contributed by atoms with van der Waals surface area (Å²) in [5.41, 5.74) is 0. The molecule has 2 saturated heterocycles. The summed E-state index contributed by atoms with van der Waals surface area (Å²) in [7, 11) is 2.20. The third-order valence-electron chi connectivity index (χ3n) is 2.76. The number of hydrogen-bond acceptors (Lipinski definition) is 3. The van der Waals surface area contributed by atoms with Gasteiger partial charge in [-0.05, 0) is 19.9 Å². The summed E-state index contributed by atoms with van der Waals surface area (Å²) < 4.78 is 0. The first kappa shape index (κ1) is 7.90. The fourth-order valence-corrected chi connectivity index (χ4v) is 2.54. The predicted octanol–water partition coefficient (Wildman–Crippen LogP) is 0.652. The molecular weight excluding hydrogens is 156 g/mol. The lowest BCUT2D eigenvalue weighted by Crippen LogP contribution is -2.39. The van der Waals surface area contributed by atoms with Crippen LogP contribution in [0.2, 0.25) is 0 Å². The van der Waals surface area contributed by atoms with Gasteiger partial charge in [-0.15, -0.1) is 0 Å². The minimum absolute atomic E-state index is 0.655. The van der Waals surface area contributed by atoms with Crippen molar-refractivity contribution < 1.29 is 0 Å². The Bertz CT molecular complexity index is 151. The van der Waals surface area contributed by atoms with Gasteiger partial charge in [0, 0.05) is 24.4 Å². The number of rotatable bonds is 0. The van der Waals surface area contributed by atoms with Gasteiger partial charge in [0.05, 0.1) is 6.67 Å². The summed E-state index contributed by atoms with van der Waals surface area (Å²) >= 11 is 4.53. The standard InChI is InChI=1S/C8H16N2S/c1-9-5-7-4-8(11)2-3-10(7)6-9/h7-8,11H,2-6H2,1H3. The lowest BCUT2D eigenvalue weighted by Gasteiger charge is -2.31. The fraction of sp³-hybridized carbons (Fsp3) is 1.00. The molecule has 3 heteroatoms. The average molecular weight is 172 g/mol. The van der Waals surface area contributed by atoms with Crippen LogP contribution in [0.5, 0.6) is 0 Å². The Morgan fingerprint density at radius 1 is 1.45 bits per heavy atom. The van der Waals surface area contributed by atoms with Crippen molar-refractivity contribution in [3.05, 3.63) is 0 Å². The Labute approximate surface area is 74.0 Å². The summed E-state index contributed by atoms with van der Waals surface area (Å²) in [6.45, 7) is 3.67. The van der Waals surface area contributed by atoms with Crippen molar-refractivity contribution in [3.63, 3.8) is 0 Å². The molecule has 0 aliphatic carbocycles. The number of hydrogen-bond donors (Lipinski definition) is 1. The van der Waals surface area contributed by atoms with Crippen molar-refractivity contribution in [1.82, 2.24) is 9.80 Å². The van der Waals surface area contributed by atoms with E-state index in [1.54, 1.807) is 0 Å². The van der Waals surface area contributed by atoms with Crippen LogP contribution in [0.4, 0.5) is 0 Å². The third kappa shape index (κ3) is 1.55. The Hall–Kier alpha value is 0.270. The number of nitrogens with zero attached hydrogens (tertiary/aromatic N) is 2. The van der Waals surface area contributed by atoms with E-state index < -0.39 is 0 Å². The van der Waals surface area contributed by atoms with E-state index in [1.807, 2.05) is 0 Å². The zero-order valence-corrected chi connectivity index (χ0v) is 7.93. The summed E-state index contributed by atoms with van der Waals surface area (Å²) in [5, 5.41) is 0.655. The molecule has 0 aromatic heterocycles. The molecule has 0 aromatic rings. The molecule has 64 valence electrons. The summed E-state index contributed by atoms with van der Waals surface area (Å²) in [6.07, 6.45) is 2.56. The molecule has 2 heterocycles. The maximum absolute atomic E-state index is 4.53. The van der Waals surface area contributed by atoms with Crippen molar-refractivity contribution >= 4 is 12.6 Å². The lowest BCUT2D eigenvalue weighted by atomic mass is 10.0. The number of thiol groups is 1. The van der Waals surface area contributed by atoms with Crippen molar-refractivity contribution in [1.29, 1.82) is 0 Å². The SMILES string of the molecule is CN1CC2CC(S)CCN2C1. The first-order valence-electron chi connectivity index (χ1n) is 4.36. The van der Waals surface area contributed by atoms with Gasteiger partial charge >= 0.3 is 0 Å². The number of fused-ring (bicyclic) bond motifs is 1. The Morgan fingerprint density at radius 3 is 3.09 bits per heavy atom. The van der Waals surface area contributed by atoms with E-state index in [-0.39, 0.29) is 0 Å². The smallest absolute Gasteiger partial charge is 0.0507 e. The van der Waals surface area contributed by atoms with E-state index in [0.29, 0.717) is 5.25 Å². The van der Waals surface area contributed by atoms with Crippen LogP contribution in [0.25, 0.3) is 0 Å². The Morgan fingerprint density at radius 2 is 2.27 bits per heavy atom. The molecule has 2 aliphatic rings. The first-order valence-corrected chi connectivity index (χ1v) is 4.88. The van der Waals surface area contributed by atoms with Crippen LogP contribution in [0, 0.1) is 0 Å². The van der Waals surface area contributed by atoms with E-state index in [9.17, 15) is 0 Å². The molecule has 0 bridgehead atoms. The zero-order valence-electron chi connectivity index (χ0n) is 7.03. The number of likely N-dealkylation sites (N-methyl/N-ethyl adjacent to an activating group) is 1. The summed E-state index contributed by atoms with van der Waals surface area (Å²) in [4.78, 5) is 4.98. The van der Waals surface area contributed by atoms with Gasteiger partial charge in [0.2, 0.25) is 0 Å². The van der Waals surface area contributed by atoms with Crippen molar-refractivity contribution in [3.8, 4) is 0 Å². The van der Waals surface area contributed by atoms with E-state index in [0.717, 1.165) is 6.04 Å². The van der Waals surface area contributed by atoms with E-state index in [1.165, 1.54) is 32.6 Å². The second kappa shape index (κ2) is 2.96. The van der Waals surface area contributed by atoms with E-state index in [4.69, 9.17) is 0 Å². The predicted molar refractivity (Wildman–Crippen MR) is 50.0 cm³/mol. The molecule has 0 radical (unpaired) electrons. The molecule has 2 rings (SSSR count). The van der Waals surface area contributed by atoms with Crippen molar-refractivity contribution in [2.24, 2.45) is 0 Å². The highest BCUT2D eigenvalue weighted by molar-refractivity contribution is 7.80. The van der Waals surface area contributed by atoms with Gasteiger partial charge in [-0.2, -0.15) is 12.6 Å². The molecule has 0 spiro atoms. The maximum Gasteiger partial charge on any atom is 0.0507 e. The lowest BCUT2D eigenvalue weighted by molar-refractivity contribution is 0.195. The van der Waals surface area contributed by atoms with Gasteiger partial charge in [0.15, 0.2) is 0 Å². The van der Waals surface area contributed by atoms with Gasteiger partial charge < -0.3 is 0 Å². The minimum atomic E-state index is 0.655. The van der Waals surface area contributed by atoms with E-state index in [2.05, 4.69) is 29.5 Å². The Kier molecular flexibility index (Phi) is 2.12. The third-order valence-corrected chi connectivity index (χ3v) is 3.22. The molecular formula is C8H16N2S. The first-order chi connectivity index (χ1) is 5.25. The summed E-state index contributed by atoms with van der Waals surface area (Å²) in [6, 6.07) is 0.802. The van der Waals surface area contributed by atoms with Gasteiger partial charge in [-0.1, -0.05) is 0 Å². The highest BCUT2D eigenvalue weighted by atomic mass is 32.1. The molecule has 2 nitrogen and oxygen atoms in total. The minimum Gasteiger partial charge on any atom is -0.292 e. The molecule has 2 atom stereocenters. The van der Waals surface area contributed by atoms with Crippen LogP contribution in [-0.4, -0.2) is 47.9 Å². The molecule has 0 amide bonds. The van der Waals surface area contributed by atoms with Crippen LogP contribution in [0.1, 0.15) is 12.8 Å². The van der Waals surface area contributed by atoms with Gasteiger partial charge in [-0.3, -0.25) is 9.80 Å². The molecule has 0 aromatic carbocycles. The molecule has 0 saturated carbocycles. The molecule has 2 aliphatic heterocycles. The second-order valence-electron chi connectivity index (χ2n) is 3.82. The van der Waals surface area contributed by atoms with Crippen LogP contribution >= 0.6 is 12.6 Å². The highest BCUT2D eigenvalue weighted by Gasteiger charge is 2.32. The Balaban J connectivity index is 1.97. The quantitative estimate of drug-likeness (QED) is 0.536. The van der Waals surface area contributed by atoms with Gasteiger partial charge in [0.25, 0.3) is 0 Å². The average Bonchev–Trinajstić information content (AvgIpc) is 2.27. The van der Waals surface area contributed by atoms with E-state index >= 15 is 0 Å². The second-order valence-corrected chi connectivity index (χ2v) is 4.55. The zero-order chi connectivity index (χ0) is 7.84. The van der Waals surface area contributed by atoms with Gasteiger partial charge in [0.1, 0.15) is 0 Å². The molecule has 2 unspecified atom stereocenters. The fourth-order valence-electron chi connectivity index (χ4n) is 2.18. The van der Waals surface area contributed by atoms with Crippen LogP contribution in [0.3, 0.4) is 0 Å².